The zero-order chi connectivity index (χ0) is 17.8. The maximum Gasteiger partial charge on any atom is 0.338 e. The van der Waals surface area contributed by atoms with Crippen molar-refractivity contribution in [3.05, 3.63) is 65.0 Å². The molecule has 0 spiro atoms. The van der Waals surface area contributed by atoms with E-state index in [2.05, 4.69) is 5.32 Å². The molecule has 0 radical (unpaired) electrons. The Hall–Kier alpha value is -3.19. The van der Waals surface area contributed by atoms with Crippen LogP contribution >= 0.6 is 11.3 Å². The van der Waals surface area contributed by atoms with E-state index < -0.39 is 24.4 Å². The molecular weight excluding hydrogens is 340 g/mol. The smallest absolute Gasteiger partial charge is 0.338 e. The van der Waals surface area contributed by atoms with Crippen molar-refractivity contribution in [3.63, 3.8) is 0 Å². The summed E-state index contributed by atoms with van der Waals surface area (Å²) >= 11 is 1.16. The second kappa shape index (κ2) is 7.14. The van der Waals surface area contributed by atoms with Gasteiger partial charge in [-0.2, -0.15) is 0 Å². The number of ether oxygens (including phenoxy) is 1. The van der Waals surface area contributed by atoms with E-state index in [1.165, 1.54) is 6.07 Å². The number of esters is 1. The Morgan fingerprint density at radius 1 is 1.04 bits per heavy atom. The third-order valence-electron chi connectivity index (χ3n) is 3.50. The number of hydrogen-bond acceptors (Lipinski definition) is 5. The first-order valence-electron chi connectivity index (χ1n) is 7.37. The molecule has 126 valence electrons. The molecule has 2 aromatic carbocycles. The van der Waals surface area contributed by atoms with E-state index in [-0.39, 0.29) is 5.56 Å². The summed E-state index contributed by atoms with van der Waals surface area (Å²) in [6.07, 6.45) is 0. The van der Waals surface area contributed by atoms with Gasteiger partial charge in [0.05, 0.1) is 11.1 Å². The number of fused-ring (bicyclic) bond motifs is 1. The van der Waals surface area contributed by atoms with E-state index in [0.29, 0.717) is 10.6 Å². The van der Waals surface area contributed by atoms with Gasteiger partial charge in [-0.25, -0.2) is 4.79 Å². The fourth-order valence-corrected chi connectivity index (χ4v) is 3.10. The highest BCUT2D eigenvalue weighted by molar-refractivity contribution is 7.14. The number of hydrogen-bond donors (Lipinski definition) is 2. The van der Waals surface area contributed by atoms with Crippen molar-refractivity contribution in [2.45, 2.75) is 0 Å². The van der Waals surface area contributed by atoms with Gasteiger partial charge < -0.3 is 15.8 Å². The zero-order valence-corrected chi connectivity index (χ0v) is 13.8. The van der Waals surface area contributed by atoms with Gasteiger partial charge in [-0.05, 0) is 34.4 Å². The molecule has 3 aromatic rings. The number of carbonyl (C=O) groups excluding carboxylic acids is 3. The summed E-state index contributed by atoms with van der Waals surface area (Å²) < 4.78 is 5.03. The van der Waals surface area contributed by atoms with E-state index in [9.17, 15) is 14.4 Å². The highest BCUT2D eigenvalue weighted by Crippen LogP contribution is 2.22. The normalized spacial score (nSPS) is 10.4. The molecule has 1 aromatic heterocycles. The number of primary amides is 1. The topological polar surface area (TPSA) is 98.5 Å². The van der Waals surface area contributed by atoms with Gasteiger partial charge in [0.15, 0.2) is 6.61 Å². The first-order chi connectivity index (χ1) is 12.0. The van der Waals surface area contributed by atoms with Gasteiger partial charge in [-0.1, -0.05) is 30.3 Å². The van der Waals surface area contributed by atoms with Gasteiger partial charge in [0.1, 0.15) is 5.00 Å². The van der Waals surface area contributed by atoms with Crippen molar-refractivity contribution in [1.29, 1.82) is 0 Å². The predicted molar refractivity (Wildman–Crippen MR) is 95.7 cm³/mol. The Balaban J connectivity index is 1.62. The van der Waals surface area contributed by atoms with Crippen LogP contribution in [0.5, 0.6) is 0 Å². The maximum absolute atomic E-state index is 12.1. The van der Waals surface area contributed by atoms with E-state index in [1.54, 1.807) is 17.5 Å². The number of anilines is 1. The Bertz CT molecular complexity index is 964. The Morgan fingerprint density at radius 2 is 1.80 bits per heavy atom. The summed E-state index contributed by atoms with van der Waals surface area (Å²) in [5, 5.41) is 6.39. The number of nitrogens with two attached hydrogens (primary N) is 1. The molecule has 2 amide bonds. The molecule has 25 heavy (non-hydrogen) atoms. The fourth-order valence-electron chi connectivity index (χ4n) is 2.29. The molecule has 0 aliphatic rings. The monoisotopic (exact) mass is 354 g/mol. The summed E-state index contributed by atoms with van der Waals surface area (Å²) in [4.78, 5) is 35.2. The van der Waals surface area contributed by atoms with E-state index >= 15 is 0 Å². The van der Waals surface area contributed by atoms with Gasteiger partial charge in [0.2, 0.25) is 0 Å². The van der Waals surface area contributed by atoms with Crippen LogP contribution in [0.1, 0.15) is 20.7 Å². The molecule has 7 heteroatoms. The highest BCUT2D eigenvalue weighted by atomic mass is 32.1. The van der Waals surface area contributed by atoms with Crippen LogP contribution in [-0.2, 0) is 9.53 Å². The van der Waals surface area contributed by atoms with Crippen molar-refractivity contribution >= 4 is 44.9 Å². The average Bonchev–Trinajstić information content (AvgIpc) is 3.07. The van der Waals surface area contributed by atoms with Crippen molar-refractivity contribution < 1.29 is 19.1 Å². The minimum Gasteiger partial charge on any atom is -0.452 e. The van der Waals surface area contributed by atoms with Crippen LogP contribution in [0.25, 0.3) is 10.8 Å². The molecule has 1 heterocycles. The van der Waals surface area contributed by atoms with Crippen molar-refractivity contribution in [2.24, 2.45) is 5.73 Å². The summed E-state index contributed by atoms with van der Waals surface area (Å²) in [6.45, 7) is -0.457. The Labute approximate surface area is 147 Å². The van der Waals surface area contributed by atoms with Gasteiger partial charge in [-0.15, -0.1) is 11.3 Å². The maximum atomic E-state index is 12.1. The van der Waals surface area contributed by atoms with Gasteiger partial charge in [-0.3, -0.25) is 9.59 Å². The molecule has 3 rings (SSSR count). The number of rotatable bonds is 5. The minimum absolute atomic E-state index is 0.221. The van der Waals surface area contributed by atoms with Gasteiger partial charge >= 0.3 is 5.97 Å². The van der Waals surface area contributed by atoms with Crippen molar-refractivity contribution in [1.82, 2.24) is 0 Å². The molecule has 3 N–H and O–H groups in total. The number of benzene rings is 2. The third-order valence-corrected chi connectivity index (χ3v) is 4.33. The van der Waals surface area contributed by atoms with Crippen LogP contribution in [0.2, 0.25) is 0 Å². The van der Waals surface area contributed by atoms with E-state index in [1.807, 2.05) is 30.3 Å². The van der Waals surface area contributed by atoms with Gasteiger partial charge in [0, 0.05) is 0 Å². The lowest BCUT2D eigenvalue weighted by atomic mass is 10.1. The molecule has 0 saturated heterocycles. The molecular formula is C18H14N2O4S. The SMILES string of the molecule is NC(=O)c1ccsc1NC(=O)COC(=O)c1ccc2ccccc2c1. The van der Waals surface area contributed by atoms with Crippen LogP contribution in [-0.4, -0.2) is 24.4 Å². The highest BCUT2D eigenvalue weighted by Gasteiger charge is 2.15. The molecule has 0 unspecified atom stereocenters. The number of nitrogens with one attached hydrogen (secondary N) is 1. The average molecular weight is 354 g/mol. The molecule has 0 aliphatic heterocycles. The van der Waals surface area contributed by atoms with Crippen LogP contribution in [0, 0.1) is 0 Å². The molecule has 0 bridgehead atoms. The lowest BCUT2D eigenvalue weighted by molar-refractivity contribution is -0.119. The first-order valence-corrected chi connectivity index (χ1v) is 8.25. The summed E-state index contributed by atoms with van der Waals surface area (Å²) in [7, 11) is 0. The summed E-state index contributed by atoms with van der Waals surface area (Å²) in [5.74, 6) is -1.77. The summed E-state index contributed by atoms with van der Waals surface area (Å²) in [6, 6.07) is 14.3. The molecule has 0 saturated carbocycles. The minimum atomic E-state index is -0.635. The predicted octanol–water partition coefficient (Wildman–Crippen LogP) is 2.80. The first kappa shape index (κ1) is 16.7. The molecule has 0 fully saturated rings. The largest absolute Gasteiger partial charge is 0.452 e. The Kier molecular flexibility index (Phi) is 4.76. The molecule has 0 atom stereocenters. The van der Waals surface area contributed by atoms with Crippen LogP contribution in [0.15, 0.2) is 53.9 Å². The standard InChI is InChI=1S/C18H14N2O4S/c19-16(22)14-7-8-25-17(14)20-15(21)10-24-18(23)13-6-5-11-3-1-2-4-12(11)9-13/h1-9H,10H2,(H2,19,22)(H,20,21). The summed E-state index contributed by atoms with van der Waals surface area (Å²) in [5.41, 5.74) is 5.79. The second-order valence-corrected chi connectivity index (χ2v) is 6.13. The number of carbonyl (C=O) groups is 3. The van der Waals surface area contributed by atoms with Crippen molar-refractivity contribution in [2.75, 3.05) is 11.9 Å². The Morgan fingerprint density at radius 3 is 2.56 bits per heavy atom. The lowest BCUT2D eigenvalue weighted by Gasteiger charge is -2.07. The fraction of sp³-hybridized carbons (Fsp3) is 0.0556. The van der Waals surface area contributed by atoms with Crippen LogP contribution in [0.3, 0.4) is 0 Å². The number of thiophene rings is 1. The van der Waals surface area contributed by atoms with Gasteiger partial charge in [0.25, 0.3) is 11.8 Å². The second-order valence-electron chi connectivity index (χ2n) is 5.21. The number of amides is 2. The lowest BCUT2D eigenvalue weighted by Crippen LogP contribution is -2.22. The quantitative estimate of drug-likeness (QED) is 0.688. The van der Waals surface area contributed by atoms with Crippen LogP contribution < -0.4 is 11.1 Å². The molecule has 6 nitrogen and oxygen atoms in total. The van der Waals surface area contributed by atoms with Crippen LogP contribution in [0.4, 0.5) is 5.00 Å². The van der Waals surface area contributed by atoms with Crippen molar-refractivity contribution in [3.8, 4) is 0 Å². The van der Waals surface area contributed by atoms with E-state index in [4.69, 9.17) is 10.5 Å². The zero-order valence-electron chi connectivity index (χ0n) is 13.0. The molecule has 0 aliphatic carbocycles. The van der Waals surface area contributed by atoms with E-state index in [0.717, 1.165) is 22.1 Å². The third kappa shape index (κ3) is 3.84.